The first kappa shape index (κ1) is 16.0. The molecule has 0 bridgehead atoms. The number of aryl methyl sites for hydroxylation is 1. The number of benzene rings is 1. The molecule has 0 aliphatic rings. The summed E-state index contributed by atoms with van der Waals surface area (Å²) in [6.45, 7) is 4.26. The Morgan fingerprint density at radius 2 is 2.05 bits per heavy atom. The third-order valence-corrected chi connectivity index (χ3v) is 3.37. The van der Waals surface area contributed by atoms with Gasteiger partial charge in [-0.05, 0) is 38.1 Å². The number of ether oxygens (including phenoxy) is 1. The van der Waals surface area contributed by atoms with Crippen LogP contribution in [0.15, 0.2) is 28.7 Å². The number of methoxy groups -OCH3 is 1. The molecule has 0 radical (unpaired) electrons. The molecule has 0 fully saturated rings. The lowest BCUT2D eigenvalue weighted by Crippen LogP contribution is -2.33. The number of aromatic nitrogens is 1. The minimum absolute atomic E-state index is 0.0815. The maximum atomic E-state index is 12.4. The van der Waals surface area contributed by atoms with Gasteiger partial charge in [0, 0.05) is 18.7 Å². The first-order chi connectivity index (χ1) is 10.6. The van der Waals surface area contributed by atoms with Gasteiger partial charge < -0.3 is 19.2 Å². The van der Waals surface area contributed by atoms with E-state index in [1.54, 1.807) is 26.2 Å². The molecule has 1 amide bonds. The van der Waals surface area contributed by atoms with Gasteiger partial charge in [-0.3, -0.25) is 4.79 Å². The topological polar surface area (TPSA) is 75.8 Å². The second kappa shape index (κ2) is 7.09. The number of amides is 1. The minimum Gasteiger partial charge on any atom is -0.497 e. The highest BCUT2D eigenvalue weighted by Crippen LogP contribution is 2.24. The number of oxazole rings is 1. The summed E-state index contributed by atoms with van der Waals surface area (Å²) in [5.74, 6) is 1.36. The van der Waals surface area contributed by atoms with E-state index in [2.05, 4.69) is 4.98 Å². The van der Waals surface area contributed by atoms with E-state index in [1.807, 2.05) is 19.1 Å². The zero-order valence-electron chi connectivity index (χ0n) is 13.0. The SMILES string of the molecule is CCN(CCO)C(=O)c1nc(-c2ccc(OC)cc2)oc1C. The summed E-state index contributed by atoms with van der Waals surface area (Å²) < 4.78 is 10.7. The summed E-state index contributed by atoms with van der Waals surface area (Å²) in [6.07, 6.45) is 0. The van der Waals surface area contributed by atoms with E-state index in [-0.39, 0.29) is 24.8 Å². The minimum atomic E-state index is -0.238. The van der Waals surface area contributed by atoms with Crippen LogP contribution >= 0.6 is 0 Å². The summed E-state index contributed by atoms with van der Waals surface area (Å²) in [4.78, 5) is 18.2. The van der Waals surface area contributed by atoms with Crippen molar-refractivity contribution in [3.8, 4) is 17.2 Å². The summed E-state index contributed by atoms with van der Waals surface area (Å²) >= 11 is 0. The van der Waals surface area contributed by atoms with Crippen LogP contribution in [-0.4, -0.2) is 47.7 Å². The number of hydrogen-bond donors (Lipinski definition) is 1. The van der Waals surface area contributed by atoms with Gasteiger partial charge in [0.05, 0.1) is 13.7 Å². The highest BCUT2D eigenvalue weighted by Gasteiger charge is 2.22. The Morgan fingerprint density at radius 3 is 2.59 bits per heavy atom. The van der Waals surface area contributed by atoms with E-state index in [1.165, 1.54) is 4.90 Å². The van der Waals surface area contributed by atoms with Crippen molar-refractivity contribution in [3.05, 3.63) is 35.7 Å². The highest BCUT2D eigenvalue weighted by molar-refractivity contribution is 5.93. The molecule has 0 saturated heterocycles. The summed E-state index contributed by atoms with van der Waals surface area (Å²) in [5, 5.41) is 9.02. The van der Waals surface area contributed by atoms with Crippen LogP contribution in [0.5, 0.6) is 5.75 Å². The number of likely N-dealkylation sites (N-methyl/N-ethyl adjacent to an activating group) is 1. The molecule has 1 N–H and O–H groups in total. The largest absolute Gasteiger partial charge is 0.497 e. The molecule has 1 aromatic carbocycles. The Labute approximate surface area is 129 Å². The van der Waals surface area contributed by atoms with Crippen molar-refractivity contribution in [1.29, 1.82) is 0 Å². The van der Waals surface area contributed by atoms with E-state index in [4.69, 9.17) is 14.3 Å². The summed E-state index contributed by atoms with van der Waals surface area (Å²) in [7, 11) is 1.60. The van der Waals surface area contributed by atoms with Gasteiger partial charge in [-0.15, -0.1) is 0 Å². The summed E-state index contributed by atoms with van der Waals surface area (Å²) in [5.41, 5.74) is 1.05. The second-order valence-electron chi connectivity index (χ2n) is 4.76. The number of rotatable bonds is 6. The molecule has 1 aromatic heterocycles. The van der Waals surface area contributed by atoms with E-state index < -0.39 is 0 Å². The summed E-state index contributed by atoms with van der Waals surface area (Å²) in [6, 6.07) is 7.26. The van der Waals surface area contributed by atoms with Gasteiger partial charge in [-0.2, -0.15) is 0 Å². The van der Waals surface area contributed by atoms with Crippen LogP contribution < -0.4 is 4.74 Å². The van der Waals surface area contributed by atoms with E-state index in [0.29, 0.717) is 18.2 Å². The second-order valence-corrected chi connectivity index (χ2v) is 4.76. The molecule has 0 aliphatic carbocycles. The molecule has 0 atom stereocenters. The Hall–Kier alpha value is -2.34. The molecule has 1 heterocycles. The molecule has 0 spiro atoms. The molecule has 0 saturated carbocycles. The first-order valence-electron chi connectivity index (χ1n) is 7.12. The van der Waals surface area contributed by atoms with E-state index in [0.717, 1.165) is 11.3 Å². The fourth-order valence-corrected chi connectivity index (χ4v) is 2.13. The number of hydrogen-bond acceptors (Lipinski definition) is 5. The fraction of sp³-hybridized carbons (Fsp3) is 0.375. The van der Waals surface area contributed by atoms with Crippen molar-refractivity contribution >= 4 is 5.91 Å². The lowest BCUT2D eigenvalue weighted by atomic mass is 10.2. The van der Waals surface area contributed by atoms with Gasteiger partial charge >= 0.3 is 0 Å². The molecular weight excluding hydrogens is 284 g/mol. The Kier molecular flexibility index (Phi) is 5.16. The molecule has 0 unspecified atom stereocenters. The maximum Gasteiger partial charge on any atom is 0.276 e. The predicted molar refractivity (Wildman–Crippen MR) is 81.9 cm³/mol. The Balaban J connectivity index is 2.28. The van der Waals surface area contributed by atoms with Crippen LogP contribution in [0.2, 0.25) is 0 Å². The number of carbonyl (C=O) groups is 1. The van der Waals surface area contributed by atoms with Crippen molar-refractivity contribution in [2.24, 2.45) is 0 Å². The van der Waals surface area contributed by atoms with Crippen molar-refractivity contribution in [2.45, 2.75) is 13.8 Å². The van der Waals surface area contributed by atoms with Crippen molar-refractivity contribution in [3.63, 3.8) is 0 Å². The van der Waals surface area contributed by atoms with Crippen LogP contribution in [0, 0.1) is 6.92 Å². The third kappa shape index (κ3) is 3.28. The van der Waals surface area contributed by atoms with Crippen LogP contribution in [0.25, 0.3) is 11.5 Å². The maximum absolute atomic E-state index is 12.4. The van der Waals surface area contributed by atoms with Crippen molar-refractivity contribution in [2.75, 3.05) is 26.8 Å². The average molecular weight is 304 g/mol. The lowest BCUT2D eigenvalue weighted by Gasteiger charge is -2.18. The van der Waals surface area contributed by atoms with Gasteiger partial charge in [0.2, 0.25) is 5.89 Å². The number of aliphatic hydroxyl groups is 1. The zero-order chi connectivity index (χ0) is 16.1. The van der Waals surface area contributed by atoms with Crippen molar-refractivity contribution in [1.82, 2.24) is 9.88 Å². The van der Waals surface area contributed by atoms with E-state index in [9.17, 15) is 4.79 Å². The van der Waals surface area contributed by atoms with Gasteiger partial charge in [0.15, 0.2) is 5.69 Å². The van der Waals surface area contributed by atoms with Gasteiger partial charge in [-0.1, -0.05) is 0 Å². The molecule has 2 aromatic rings. The highest BCUT2D eigenvalue weighted by atomic mass is 16.5. The molecule has 2 rings (SSSR count). The van der Waals surface area contributed by atoms with Gasteiger partial charge in [0.1, 0.15) is 11.5 Å². The molecule has 6 nitrogen and oxygen atoms in total. The van der Waals surface area contributed by atoms with Gasteiger partial charge in [-0.25, -0.2) is 4.98 Å². The fourth-order valence-electron chi connectivity index (χ4n) is 2.13. The number of aliphatic hydroxyl groups excluding tert-OH is 1. The average Bonchev–Trinajstić information content (AvgIpc) is 2.94. The standard InChI is InChI=1S/C16H20N2O4/c1-4-18(9-10-19)16(20)14-11(2)22-15(17-14)12-5-7-13(21-3)8-6-12/h5-8,19H,4,9-10H2,1-3H3. The zero-order valence-corrected chi connectivity index (χ0v) is 13.0. The number of nitrogens with zero attached hydrogens (tertiary/aromatic N) is 2. The number of carbonyl (C=O) groups excluding carboxylic acids is 1. The first-order valence-corrected chi connectivity index (χ1v) is 7.12. The van der Waals surface area contributed by atoms with E-state index >= 15 is 0 Å². The normalized spacial score (nSPS) is 10.5. The molecule has 22 heavy (non-hydrogen) atoms. The van der Waals surface area contributed by atoms with Crippen LogP contribution in [0.4, 0.5) is 0 Å². The molecule has 6 heteroatoms. The van der Waals surface area contributed by atoms with Crippen LogP contribution in [0.3, 0.4) is 0 Å². The smallest absolute Gasteiger partial charge is 0.276 e. The quantitative estimate of drug-likeness (QED) is 0.884. The van der Waals surface area contributed by atoms with Crippen molar-refractivity contribution < 1.29 is 19.1 Å². The Bertz CT molecular complexity index is 634. The molecular formula is C16H20N2O4. The third-order valence-electron chi connectivity index (χ3n) is 3.37. The molecule has 0 aliphatic heterocycles. The monoisotopic (exact) mass is 304 g/mol. The lowest BCUT2D eigenvalue weighted by molar-refractivity contribution is 0.0725. The van der Waals surface area contributed by atoms with Crippen LogP contribution in [0.1, 0.15) is 23.2 Å². The van der Waals surface area contributed by atoms with Gasteiger partial charge in [0.25, 0.3) is 5.91 Å². The molecule has 118 valence electrons. The van der Waals surface area contributed by atoms with Crippen LogP contribution in [-0.2, 0) is 0 Å². The Morgan fingerprint density at radius 1 is 1.36 bits per heavy atom. The predicted octanol–water partition coefficient (Wildman–Crippen LogP) is 2.11.